The van der Waals surface area contributed by atoms with Crippen molar-refractivity contribution in [2.75, 3.05) is 18.0 Å². The number of fused-ring (bicyclic) bond motifs is 1. The minimum atomic E-state index is 0.388. The van der Waals surface area contributed by atoms with Crippen LogP contribution >= 0.6 is 11.6 Å². The average Bonchev–Trinajstić information content (AvgIpc) is 3.42. The van der Waals surface area contributed by atoms with Crippen molar-refractivity contribution in [3.8, 4) is 0 Å². The number of aromatic nitrogens is 3. The van der Waals surface area contributed by atoms with E-state index in [1.54, 1.807) is 0 Å². The van der Waals surface area contributed by atoms with Gasteiger partial charge in [-0.05, 0) is 56.4 Å². The highest BCUT2D eigenvalue weighted by Crippen LogP contribution is 2.40. The maximum Gasteiger partial charge on any atom is 0.229 e. The lowest BCUT2D eigenvalue weighted by molar-refractivity contribution is 0.364. The van der Waals surface area contributed by atoms with Gasteiger partial charge in [-0.3, -0.25) is 0 Å². The van der Waals surface area contributed by atoms with Crippen LogP contribution in [0.1, 0.15) is 54.8 Å². The lowest BCUT2D eigenvalue weighted by Crippen LogP contribution is -2.33. The first kappa shape index (κ1) is 16.1. The van der Waals surface area contributed by atoms with Crippen molar-refractivity contribution in [1.29, 1.82) is 0 Å². The molecule has 1 saturated carbocycles. The van der Waals surface area contributed by atoms with E-state index in [2.05, 4.69) is 34.1 Å². The predicted molar refractivity (Wildman–Crippen MR) is 102 cm³/mol. The summed E-state index contributed by atoms with van der Waals surface area (Å²) < 4.78 is 5.43. The summed E-state index contributed by atoms with van der Waals surface area (Å²) in [5, 5.41) is 6.00. The van der Waals surface area contributed by atoms with Gasteiger partial charge in [0.25, 0.3) is 0 Å². The number of benzene rings is 1. The molecule has 2 aliphatic rings. The number of piperidine rings is 1. The van der Waals surface area contributed by atoms with Crippen molar-refractivity contribution in [2.45, 2.75) is 44.4 Å². The predicted octanol–water partition coefficient (Wildman–Crippen LogP) is 4.84. The Morgan fingerprint density at radius 2 is 1.81 bits per heavy atom. The molecule has 1 saturated heterocycles. The Balaban J connectivity index is 1.33. The van der Waals surface area contributed by atoms with Crippen LogP contribution in [0.15, 0.2) is 28.8 Å². The third kappa shape index (κ3) is 2.84. The largest absolute Gasteiger partial charge is 0.357 e. The second kappa shape index (κ2) is 6.23. The van der Waals surface area contributed by atoms with Crippen LogP contribution in [0.2, 0.25) is 5.02 Å². The SMILES string of the molecule is Cc1ccc(Cl)c2ccc(N3CCC(c4noc(C5CC5)n4)CC3)nc12. The van der Waals surface area contributed by atoms with E-state index in [0.717, 1.165) is 65.0 Å². The van der Waals surface area contributed by atoms with E-state index >= 15 is 0 Å². The quantitative estimate of drug-likeness (QED) is 0.662. The third-order valence-corrected chi connectivity index (χ3v) is 5.89. The molecule has 1 aliphatic heterocycles. The average molecular weight is 369 g/mol. The van der Waals surface area contributed by atoms with Crippen LogP contribution in [0.5, 0.6) is 0 Å². The van der Waals surface area contributed by atoms with Gasteiger partial charge in [0.2, 0.25) is 5.89 Å². The second-order valence-corrected chi connectivity index (χ2v) is 7.86. The van der Waals surface area contributed by atoms with Crippen LogP contribution in [0, 0.1) is 6.92 Å². The lowest BCUT2D eigenvalue weighted by Gasteiger charge is -2.31. The molecule has 2 fully saturated rings. The normalized spacial score (nSPS) is 18.6. The lowest BCUT2D eigenvalue weighted by atomic mass is 9.96. The summed E-state index contributed by atoms with van der Waals surface area (Å²) in [6.07, 6.45) is 4.43. The molecule has 1 aromatic carbocycles. The van der Waals surface area contributed by atoms with E-state index in [0.29, 0.717) is 11.8 Å². The molecule has 0 radical (unpaired) electrons. The molecule has 5 rings (SSSR count). The summed E-state index contributed by atoms with van der Waals surface area (Å²) in [6, 6.07) is 8.13. The van der Waals surface area contributed by atoms with Crippen LogP contribution in [-0.2, 0) is 0 Å². The Labute approximate surface area is 157 Å². The summed E-state index contributed by atoms with van der Waals surface area (Å²) in [4.78, 5) is 11.9. The van der Waals surface area contributed by atoms with E-state index in [-0.39, 0.29) is 0 Å². The Morgan fingerprint density at radius 1 is 1.00 bits per heavy atom. The highest BCUT2D eigenvalue weighted by atomic mass is 35.5. The molecular formula is C20H21ClN4O. The summed E-state index contributed by atoms with van der Waals surface area (Å²) in [5.74, 6) is 3.66. The van der Waals surface area contributed by atoms with Gasteiger partial charge in [0.15, 0.2) is 5.82 Å². The molecule has 0 bridgehead atoms. The molecule has 0 amide bonds. The van der Waals surface area contributed by atoms with Crippen molar-refractivity contribution < 1.29 is 4.52 Å². The van der Waals surface area contributed by atoms with Crippen molar-refractivity contribution in [3.63, 3.8) is 0 Å². The van der Waals surface area contributed by atoms with Crippen molar-refractivity contribution in [1.82, 2.24) is 15.1 Å². The zero-order chi connectivity index (χ0) is 17.7. The molecule has 5 nitrogen and oxygen atoms in total. The van der Waals surface area contributed by atoms with E-state index in [4.69, 9.17) is 21.1 Å². The first-order valence-corrected chi connectivity index (χ1v) is 9.71. The summed E-state index contributed by atoms with van der Waals surface area (Å²) >= 11 is 6.31. The topological polar surface area (TPSA) is 55.1 Å². The number of rotatable bonds is 3. The fraction of sp³-hybridized carbons (Fsp3) is 0.450. The van der Waals surface area contributed by atoms with E-state index in [1.807, 2.05) is 12.1 Å². The molecule has 0 N–H and O–H groups in total. The van der Waals surface area contributed by atoms with Crippen molar-refractivity contribution in [3.05, 3.63) is 46.6 Å². The molecule has 0 spiro atoms. The minimum absolute atomic E-state index is 0.388. The van der Waals surface area contributed by atoms with Crippen LogP contribution < -0.4 is 4.90 Å². The molecule has 2 aromatic heterocycles. The van der Waals surface area contributed by atoms with Crippen LogP contribution in [0.4, 0.5) is 5.82 Å². The highest BCUT2D eigenvalue weighted by molar-refractivity contribution is 6.35. The van der Waals surface area contributed by atoms with Crippen LogP contribution in [0.3, 0.4) is 0 Å². The number of nitrogens with zero attached hydrogens (tertiary/aromatic N) is 4. The Morgan fingerprint density at radius 3 is 2.58 bits per heavy atom. The minimum Gasteiger partial charge on any atom is -0.357 e. The Hall–Kier alpha value is -2.14. The van der Waals surface area contributed by atoms with Gasteiger partial charge in [-0.15, -0.1) is 0 Å². The third-order valence-electron chi connectivity index (χ3n) is 5.56. The Kier molecular flexibility index (Phi) is 3.85. The maximum atomic E-state index is 6.31. The second-order valence-electron chi connectivity index (χ2n) is 7.46. The van der Waals surface area contributed by atoms with Gasteiger partial charge in [0.05, 0.1) is 5.52 Å². The van der Waals surface area contributed by atoms with Crippen LogP contribution in [-0.4, -0.2) is 28.2 Å². The van der Waals surface area contributed by atoms with E-state index < -0.39 is 0 Å². The number of anilines is 1. The first-order chi connectivity index (χ1) is 12.7. The molecule has 6 heteroatoms. The Bertz CT molecular complexity index is 958. The van der Waals surface area contributed by atoms with Gasteiger partial charge in [0.1, 0.15) is 5.82 Å². The fourth-order valence-electron chi connectivity index (χ4n) is 3.76. The highest BCUT2D eigenvalue weighted by Gasteiger charge is 2.32. The van der Waals surface area contributed by atoms with Gasteiger partial charge >= 0.3 is 0 Å². The number of hydrogen-bond acceptors (Lipinski definition) is 5. The monoisotopic (exact) mass is 368 g/mol. The van der Waals surface area contributed by atoms with Gasteiger partial charge in [-0.25, -0.2) is 4.98 Å². The number of pyridine rings is 1. The number of hydrogen-bond donors (Lipinski definition) is 0. The molecule has 0 atom stereocenters. The molecule has 3 aromatic rings. The number of halogens is 1. The van der Waals surface area contributed by atoms with Gasteiger partial charge in [-0.2, -0.15) is 4.98 Å². The molecular weight excluding hydrogens is 348 g/mol. The fourth-order valence-corrected chi connectivity index (χ4v) is 3.98. The summed E-state index contributed by atoms with van der Waals surface area (Å²) in [7, 11) is 0. The summed E-state index contributed by atoms with van der Waals surface area (Å²) in [5.41, 5.74) is 2.14. The molecule has 26 heavy (non-hydrogen) atoms. The molecule has 3 heterocycles. The van der Waals surface area contributed by atoms with Crippen molar-refractivity contribution >= 4 is 28.3 Å². The first-order valence-electron chi connectivity index (χ1n) is 9.33. The van der Waals surface area contributed by atoms with Gasteiger partial charge in [0, 0.05) is 35.3 Å². The van der Waals surface area contributed by atoms with Gasteiger partial charge < -0.3 is 9.42 Å². The van der Waals surface area contributed by atoms with E-state index in [9.17, 15) is 0 Å². The zero-order valence-electron chi connectivity index (χ0n) is 14.8. The van der Waals surface area contributed by atoms with E-state index in [1.165, 1.54) is 12.8 Å². The van der Waals surface area contributed by atoms with Crippen LogP contribution in [0.25, 0.3) is 10.9 Å². The maximum absolute atomic E-state index is 6.31. The number of aryl methyl sites for hydroxylation is 1. The summed E-state index contributed by atoms with van der Waals surface area (Å²) in [6.45, 7) is 3.99. The van der Waals surface area contributed by atoms with Gasteiger partial charge in [-0.1, -0.05) is 22.8 Å². The molecule has 134 valence electrons. The molecule has 1 aliphatic carbocycles. The smallest absolute Gasteiger partial charge is 0.229 e. The standard InChI is InChI=1S/C20H21ClN4O/c1-12-2-6-16(21)15-5-7-17(22-18(12)15)25-10-8-13(9-11-25)19-23-20(26-24-19)14-3-4-14/h2,5-7,13-14H,3-4,8-11H2,1H3. The van der Waals surface area contributed by atoms with Crippen molar-refractivity contribution in [2.24, 2.45) is 0 Å². The zero-order valence-corrected chi connectivity index (χ0v) is 15.5. The molecule has 0 unspecified atom stereocenters.